The van der Waals surface area contributed by atoms with E-state index in [1.165, 1.54) is 4.90 Å². The third kappa shape index (κ3) is 21.2. The Hall–Kier alpha value is 1.08. The summed E-state index contributed by atoms with van der Waals surface area (Å²) in [5, 5.41) is 8.43. The SMILES string of the molecule is Nc1ccc(Br)cn1.O=C(Cl)OCCCl.O=C1OCCN1c1ccc(Br)cn1.O=CO[O-].[H-].[K+].[K+]. The van der Waals surface area contributed by atoms with Crippen LogP contribution in [0.3, 0.4) is 0 Å². The number of hydrogen-bond acceptors (Lipinski definition) is 10. The van der Waals surface area contributed by atoms with Gasteiger partial charge in [0.05, 0.1) is 12.4 Å². The molecule has 11 nitrogen and oxygen atoms in total. The average molecular weight is 699 g/mol. The number of pyridine rings is 2. The second-order valence-corrected chi connectivity index (χ2v) is 7.49. The number of hydrogen-bond donors (Lipinski definition) is 1. The van der Waals surface area contributed by atoms with E-state index in [0.717, 1.165) is 8.95 Å². The Kier molecular flexibility index (Phi) is 30.0. The zero-order valence-electron chi connectivity index (χ0n) is 19.2. The summed E-state index contributed by atoms with van der Waals surface area (Å²) < 4.78 is 10.8. The maximum absolute atomic E-state index is 11.1. The van der Waals surface area contributed by atoms with E-state index in [-0.39, 0.29) is 123 Å². The van der Waals surface area contributed by atoms with Gasteiger partial charge < -0.3 is 26.8 Å². The number of aromatic nitrogens is 2. The van der Waals surface area contributed by atoms with Crippen LogP contribution >= 0.6 is 55.1 Å². The van der Waals surface area contributed by atoms with E-state index >= 15 is 0 Å². The summed E-state index contributed by atoms with van der Waals surface area (Å²) in [6.45, 7) is 1.02. The topological polar surface area (TPSA) is 157 Å². The van der Waals surface area contributed by atoms with Crippen molar-refractivity contribution in [2.24, 2.45) is 0 Å². The quantitative estimate of drug-likeness (QED) is 0.0896. The van der Waals surface area contributed by atoms with Gasteiger partial charge in [0.25, 0.3) is 6.47 Å². The standard InChI is InChI=1S/C8H7BrN2O2.C5H5BrN2.C3H4Cl2O2.CH2O3.2K.H/c9-6-1-2-7(10-5-6)11-3-4-13-8(11)12;6-4-1-2-5(7)8-3-4;4-1-2-7-3(5)6;2-1-4-3;;;/h1-2,5H,3-4H2;1-3H,(H2,7,8);1-2H2;1,3H;;;/q;;;;2*+1;-1/p-1. The second kappa shape index (κ2) is 25.7. The summed E-state index contributed by atoms with van der Waals surface area (Å²) in [5.74, 6) is 1.47. The van der Waals surface area contributed by atoms with Crippen molar-refractivity contribution in [1.29, 1.82) is 0 Å². The van der Waals surface area contributed by atoms with Crippen LogP contribution < -0.4 is 119 Å². The van der Waals surface area contributed by atoms with Crippen LogP contribution in [0, 0.1) is 0 Å². The predicted octanol–water partition coefficient (Wildman–Crippen LogP) is -2.62. The average Bonchev–Trinajstić information content (AvgIpc) is 3.22. The molecule has 2 aromatic rings. The second-order valence-electron chi connectivity index (χ2n) is 4.97. The minimum Gasteiger partial charge on any atom is -1.00 e. The molecular formula is C17H18Br2Cl2K2N4O7. The molecule has 0 aromatic carbocycles. The van der Waals surface area contributed by atoms with Crippen molar-refractivity contribution in [2.45, 2.75) is 0 Å². The van der Waals surface area contributed by atoms with E-state index < -0.39 is 5.43 Å². The smallest absolute Gasteiger partial charge is 1.00 e. The molecule has 0 radical (unpaired) electrons. The maximum Gasteiger partial charge on any atom is 1.00 e. The number of anilines is 2. The summed E-state index contributed by atoms with van der Waals surface area (Å²) in [4.78, 5) is 41.5. The number of cyclic esters (lactones) is 1. The number of carbonyl (C=O) groups is 3. The van der Waals surface area contributed by atoms with E-state index in [9.17, 15) is 9.59 Å². The normalized spacial score (nSPS) is 10.6. The van der Waals surface area contributed by atoms with Gasteiger partial charge in [0.2, 0.25) is 0 Å². The van der Waals surface area contributed by atoms with Crippen LogP contribution in [0.1, 0.15) is 1.43 Å². The number of rotatable bonds is 4. The maximum atomic E-state index is 11.1. The van der Waals surface area contributed by atoms with Gasteiger partial charge in [0.1, 0.15) is 24.8 Å². The number of amides is 1. The fourth-order valence-corrected chi connectivity index (χ4v) is 2.26. The molecule has 0 unspecified atom stereocenters. The molecule has 0 saturated carbocycles. The molecule has 1 saturated heterocycles. The molecule has 178 valence electrons. The Balaban J connectivity index is -0.000000193. The molecular weight excluding hydrogens is 681 g/mol. The fourth-order valence-electron chi connectivity index (χ4n) is 1.64. The predicted molar refractivity (Wildman–Crippen MR) is 123 cm³/mol. The van der Waals surface area contributed by atoms with Gasteiger partial charge in [-0.3, -0.25) is 9.69 Å². The Morgan fingerprint density at radius 2 is 1.79 bits per heavy atom. The third-order valence-electron chi connectivity index (χ3n) is 2.83. The molecule has 0 aliphatic carbocycles. The molecule has 3 heterocycles. The van der Waals surface area contributed by atoms with Crippen LogP contribution in [0.5, 0.6) is 0 Å². The zero-order valence-corrected chi connectivity index (χ0v) is 29.1. The first kappa shape index (κ1) is 39.6. The summed E-state index contributed by atoms with van der Waals surface area (Å²) in [6, 6.07) is 7.21. The Labute approximate surface area is 309 Å². The number of halogens is 4. The molecule has 0 atom stereocenters. The molecule has 0 bridgehead atoms. The van der Waals surface area contributed by atoms with Crippen LogP contribution in [-0.2, 0) is 19.2 Å². The summed E-state index contributed by atoms with van der Waals surface area (Å²) >= 11 is 16.3. The molecule has 1 amide bonds. The fraction of sp³-hybridized carbons (Fsp3) is 0.235. The van der Waals surface area contributed by atoms with E-state index in [2.05, 4.69) is 51.5 Å². The Bertz CT molecular complexity index is 814. The van der Waals surface area contributed by atoms with Crippen LogP contribution in [-0.4, -0.2) is 53.6 Å². The minimum absolute atomic E-state index is 0. The van der Waals surface area contributed by atoms with Gasteiger partial charge in [0, 0.05) is 32.9 Å². The van der Waals surface area contributed by atoms with Crippen molar-refractivity contribution in [3.05, 3.63) is 45.6 Å². The first-order chi connectivity index (χ1) is 15.2. The van der Waals surface area contributed by atoms with Crippen molar-refractivity contribution in [3.63, 3.8) is 0 Å². The Morgan fingerprint density at radius 1 is 1.24 bits per heavy atom. The van der Waals surface area contributed by atoms with E-state index in [4.69, 9.17) is 43.7 Å². The van der Waals surface area contributed by atoms with Crippen molar-refractivity contribution in [2.75, 3.05) is 36.3 Å². The number of carbonyl (C=O) groups excluding carboxylic acids is 3. The number of nitrogens with two attached hydrogens (primary N) is 1. The van der Waals surface area contributed by atoms with Gasteiger partial charge in [-0.15, -0.1) is 11.6 Å². The summed E-state index contributed by atoms with van der Waals surface area (Å²) in [7, 11) is 0. The number of ether oxygens (including phenoxy) is 2. The molecule has 17 heteroatoms. The molecule has 3 rings (SSSR count). The molecule has 0 spiro atoms. The number of alkyl halides is 1. The van der Waals surface area contributed by atoms with Crippen LogP contribution in [0.15, 0.2) is 45.6 Å². The molecule has 1 aliphatic rings. The van der Waals surface area contributed by atoms with Gasteiger partial charge >= 0.3 is 114 Å². The largest absolute Gasteiger partial charge is 1.00 e. The Morgan fingerprint density at radius 3 is 2.09 bits per heavy atom. The van der Waals surface area contributed by atoms with Crippen molar-refractivity contribution in [1.82, 2.24) is 9.97 Å². The van der Waals surface area contributed by atoms with Gasteiger partial charge in [-0.25, -0.2) is 19.6 Å². The molecule has 34 heavy (non-hydrogen) atoms. The molecule has 2 N–H and O–H groups in total. The molecule has 1 aliphatic heterocycles. The monoisotopic (exact) mass is 696 g/mol. The van der Waals surface area contributed by atoms with Gasteiger partial charge in [-0.05, 0) is 56.1 Å². The van der Waals surface area contributed by atoms with Crippen LogP contribution in [0.4, 0.5) is 21.2 Å². The van der Waals surface area contributed by atoms with Crippen LogP contribution in [0.2, 0.25) is 0 Å². The van der Waals surface area contributed by atoms with Crippen molar-refractivity contribution >= 4 is 84.7 Å². The van der Waals surface area contributed by atoms with Crippen molar-refractivity contribution in [3.8, 4) is 0 Å². The number of nitrogen functional groups attached to an aromatic ring is 1. The van der Waals surface area contributed by atoms with E-state index in [1.54, 1.807) is 24.5 Å². The van der Waals surface area contributed by atoms with Crippen LogP contribution in [0.25, 0.3) is 0 Å². The van der Waals surface area contributed by atoms with Crippen molar-refractivity contribution < 1.29 is 138 Å². The first-order valence-electron chi connectivity index (χ1n) is 8.28. The van der Waals surface area contributed by atoms with Gasteiger partial charge in [0.15, 0.2) is 0 Å². The van der Waals surface area contributed by atoms with Gasteiger partial charge in [-0.2, -0.15) is 0 Å². The van der Waals surface area contributed by atoms with Gasteiger partial charge in [-0.1, -0.05) is 0 Å². The molecule has 2 aromatic heterocycles. The first-order valence-corrected chi connectivity index (χ1v) is 10.8. The summed E-state index contributed by atoms with van der Waals surface area (Å²) in [5.41, 5.74) is 4.49. The third-order valence-corrected chi connectivity index (χ3v) is 4.03. The summed E-state index contributed by atoms with van der Waals surface area (Å²) in [6.07, 6.45) is 2.99. The molecule has 1 fully saturated rings. The van der Waals surface area contributed by atoms with E-state index in [1.807, 2.05) is 12.1 Å². The number of nitrogens with zero attached hydrogens (tertiary/aromatic N) is 3. The minimum atomic E-state index is -0.805. The zero-order chi connectivity index (χ0) is 24.4. The van der Waals surface area contributed by atoms with E-state index in [0.29, 0.717) is 30.7 Å².